The zero-order chi connectivity index (χ0) is 13.2. The first kappa shape index (κ1) is 13.3. The normalized spacial score (nSPS) is 10.0. The molecule has 1 heterocycles. The second-order valence-corrected chi connectivity index (χ2v) is 4.15. The highest BCUT2D eigenvalue weighted by Crippen LogP contribution is 2.41. The summed E-state index contributed by atoms with van der Waals surface area (Å²) in [7, 11) is 1.27. The van der Waals surface area contributed by atoms with Crippen molar-refractivity contribution in [2.45, 2.75) is 0 Å². The minimum Gasteiger partial charge on any atom is -0.300 e. The number of rotatable bonds is 4. The minimum absolute atomic E-state index is 0.104. The van der Waals surface area contributed by atoms with E-state index in [0.29, 0.717) is 11.3 Å². The van der Waals surface area contributed by atoms with Crippen LogP contribution in [0.4, 0.5) is 15.7 Å². The summed E-state index contributed by atoms with van der Waals surface area (Å²) in [5.41, 5.74) is -0.484. The molecule has 1 rings (SSSR count). The Morgan fingerprint density at radius 3 is 2.47 bits per heavy atom. The summed E-state index contributed by atoms with van der Waals surface area (Å²) in [6, 6.07) is 0.817. The van der Waals surface area contributed by atoms with Crippen LogP contribution in [0.2, 0.25) is 0 Å². The smallest absolute Gasteiger partial charge is 0.300 e. The van der Waals surface area contributed by atoms with E-state index >= 15 is 0 Å². The van der Waals surface area contributed by atoms with E-state index in [4.69, 9.17) is 11.6 Å². The molecule has 0 radical (unpaired) electrons. The number of nitrogens with zero attached hydrogens (tertiary/aromatic N) is 3. The number of anilines is 1. The first-order chi connectivity index (χ1) is 7.88. The maximum atomic E-state index is 11.3. The van der Waals surface area contributed by atoms with Gasteiger partial charge >= 0.3 is 10.7 Å². The summed E-state index contributed by atoms with van der Waals surface area (Å²) in [5, 5.41) is 20.7. The van der Waals surface area contributed by atoms with Gasteiger partial charge in [0.15, 0.2) is 5.00 Å². The summed E-state index contributed by atoms with van der Waals surface area (Å²) in [6.07, 6.45) is 0. The van der Waals surface area contributed by atoms with Crippen LogP contribution in [0.15, 0.2) is 6.07 Å². The van der Waals surface area contributed by atoms with Gasteiger partial charge in [-0.1, -0.05) is 0 Å². The van der Waals surface area contributed by atoms with Crippen molar-refractivity contribution in [2.24, 2.45) is 0 Å². The van der Waals surface area contributed by atoms with E-state index in [9.17, 15) is 25.0 Å². The van der Waals surface area contributed by atoms with Gasteiger partial charge < -0.3 is 4.90 Å². The van der Waals surface area contributed by atoms with Crippen LogP contribution in [-0.4, -0.2) is 28.7 Å². The lowest BCUT2D eigenvalue weighted by Crippen LogP contribution is -2.26. The largest absolute Gasteiger partial charge is 0.333 e. The fourth-order valence-electron chi connectivity index (χ4n) is 1.02. The van der Waals surface area contributed by atoms with E-state index in [1.165, 1.54) is 7.05 Å². The lowest BCUT2D eigenvalue weighted by molar-refractivity contribution is -0.389. The standard InChI is InChI=1S/C7H6ClN3O5S/c1-9(5(12)3-8)7-4(10(13)14)2-6(17-7)11(15)16/h2H,3H2,1H3. The molecule has 17 heavy (non-hydrogen) atoms. The van der Waals surface area contributed by atoms with Gasteiger partial charge in [0.25, 0.3) is 0 Å². The number of halogens is 1. The average molecular weight is 280 g/mol. The predicted octanol–water partition coefficient (Wildman–Crippen LogP) is 1.77. The molecular weight excluding hydrogens is 274 g/mol. The zero-order valence-corrected chi connectivity index (χ0v) is 10.0. The second-order valence-electron chi connectivity index (χ2n) is 2.88. The molecule has 0 unspecified atom stereocenters. The van der Waals surface area contributed by atoms with Crippen LogP contribution < -0.4 is 4.90 Å². The fraction of sp³-hybridized carbons (Fsp3) is 0.286. The quantitative estimate of drug-likeness (QED) is 0.474. The van der Waals surface area contributed by atoms with Gasteiger partial charge in [-0.3, -0.25) is 25.0 Å². The van der Waals surface area contributed by atoms with Crippen LogP contribution in [0.1, 0.15) is 0 Å². The van der Waals surface area contributed by atoms with E-state index in [1.54, 1.807) is 0 Å². The third-order valence-corrected chi connectivity index (χ3v) is 3.23. The van der Waals surface area contributed by atoms with E-state index in [0.717, 1.165) is 11.0 Å². The van der Waals surface area contributed by atoms with Gasteiger partial charge in [0.05, 0.1) is 9.85 Å². The van der Waals surface area contributed by atoms with Crippen LogP contribution in [0.5, 0.6) is 0 Å². The predicted molar refractivity (Wildman–Crippen MR) is 61.8 cm³/mol. The van der Waals surface area contributed by atoms with Gasteiger partial charge in [-0.25, -0.2) is 0 Å². The van der Waals surface area contributed by atoms with Crippen LogP contribution in [-0.2, 0) is 4.79 Å². The highest BCUT2D eigenvalue weighted by molar-refractivity contribution is 7.20. The molecular formula is C7H6ClN3O5S. The van der Waals surface area contributed by atoms with Crippen molar-refractivity contribution in [2.75, 3.05) is 17.8 Å². The number of hydrogen-bond acceptors (Lipinski definition) is 6. The molecule has 0 atom stereocenters. The molecule has 0 saturated carbocycles. The Bertz CT molecular complexity index is 488. The lowest BCUT2D eigenvalue weighted by Gasteiger charge is -2.11. The van der Waals surface area contributed by atoms with Crippen molar-refractivity contribution in [3.63, 3.8) is 0 Å². The van der Waals surface area contributed by atoms with E-state index in [-0.39, 0.29) is 10.9 Å². The molecule has 0 spiro atoms. The Kier molecular flexibility index (Phi) is 3.97. The molecule has 92 valence electrons. The molecule has 1 aromatic rings. The van der Waals surface area contributed by atoms with Crippen LogP contribution in [0, 0.1) is 20.2 Å². The molecule has 10 heteroatoms. The molecule has 0 aliphatic rings. The molecule has 0 N–H and O–H groups in total. The van der Waals surface area contributed by atoms with E-state index in [1.807, 2.05) is 0 Å². The van der Waals surface area contributed by atoms with Gasteiger partial charge in [0.1, 0.15) is 11.9 Å². The molecule has 8 nitrogen and oxygen atoms in total. The maximum Gasteiger partial charge on any atom is 0.333 e. The summed E-state index contributed by atoms with van der Waals surface area (Å²) in [5.74, 6) is -0.939. The van der Waals surface area contributed by atoms with Crippen LogP contribution in [0.25, 0.3) is 0 Å². The fourth-order valence-corrected chi connectivity index (χ4v) is 2.12. The van der Waals surface area contributed by atoms with Gasteiger partial charge in [-0.2, -0.15) is 0 Å². The summed E-state index contributed by atoms with van der Waals surface area (Å²) in [4.78, 5) is 31.9. The number of carbonyl (C=O) groups excluding carboxylic acids is 1. The average Bonchev–Trinajstić information content (AvgIpc) is 2.71. The first-order valence-corrected chi connectivity index (χ1v) is 5.48. The molecule has 0 aliphatic carbocycles. The molecule has 1 amide bonds. The summed E-state index contributed by atoms with van der Waals surface area (Å²) >= 11 is 5.86. The van der Waals surface area contributed by atoms with Crippen molar-refractivity contribution in [1.29, 1.82) is 0 Å². The van der Waals surface area contributed by atoms with Crippen molar-refractivity contribution in [3.05, 3.63) is 26.3 Å². The van der Waals surface area contributed by atoms with Crippen molar-refractivity contribution >= 4 is 44.5 Å². The summed E-state index contributed by atoms with van der Waals surface area (Å²) in [6.45, 7) is 0. The third-order valence-electron chi connectivity index (χ3n) is 1.85. The highest BCUT2D eigenvalue weighted by Gasteiger charge is 2.29. The molecule has 0 fully saturated rings. The lowest BCUT2D eigenvalue weighted by atomic mass is 10.4. The molecule has 0 bridgehead atoms. The Morgan fingerprint density at radius 1 is 1.47 bits per heavy atom. The monoisotopic (exact) mass is 279 g/mol. The van der Waals surface area contributed by atoms with Crippen LogP contribution in [0.3, 0.4) is 0 Å². The molecule has 1 aromatic heterocycles. The van der Waals surface area contributed by atoms with Crippen molar-refractivity contribution < 1.29 is 14.6 Å². The SMILES string of the molecule is CN(C(=O)CCl)c1sc([N+](=O)[O-])cc1[N+](=O)[O-]. The number of carbonyl (C=O) groups is 1. The topological polar surface area (TPSA) is 107 Å². The Labute approximate surface area is 104 Å². The number of hydrogen-bond donors (Lipinski definition) is 0. The highest BCUT2D eigenvalue weighted by atomic mass is 35.5. The number of thiophene rings is 1. The number of alkyl halides is 1. The van der Waals surface area contributed by atoms with E-state index in [2.05, 4.69) is 0 Å². The zero-order valence-electron chi connectivity index (χ0n) is 8.45. The molecule has 0 aromatic carbocycles. The number of nitro groups is 2. The second kappa shape index (κ2) is 5.06. The van der Waals surface area contributed by atoms with E-state index < -0.39 is 26.4 Å². The van der Waals surface area contributed by atoms with Gasteiger partial charge in [-0.15, -0.1) is 11.6 Å². The Hall–Kier alpha value is -1.74. The summed E-state index contributed by atoms with van der Waals surface area (Å²) < 4.78 is 0. The Morgan fingerprint density at radius 2 is 2.06 bits per heavy atom. The minimum atomic E-state index is -0.781. The van der Waals surface area contributed by atoms with Gasteiger partial charge in [0, 0.05) is 7.05 Å². The van der Waals surface area contributed by atoms with Crippen molar-refractivity contribution in [3.8, 4) is 0 Å². The van der Waals surface area contributed by atoms with Gasteiger partial charge in [-0.05, 0) is 11.3 Å². The third kappa shape index (κ3) is 2.68. The molecule has 0 saturated heterocycles. The maximum absolute atomic E-state index is 11.3. The first-order valence-electron chi connectivity index (χ1n) is 4.13. The molecule has 0 aliphatic heterocycles. The van der Waals surface area contributed by atoms with Crippen molar-refractivity contribution in [1.82, 2.24) is 0 Å². The Balaban J connectivity index is 3.26. The van der Waals surface area contributed by atoms with Gasteiger partial charge in [0.2, 0.25) is 5.91 Å². The van der Waals surface area contributed by atoms with Crippen LogP contribution >= 0.6 is 22.9 Å². The number of amides is 1.